The Bertz CT molecular complexity index is 1530. The molecule has 0 bridgehead atoms. The molecule has 1 aliphatic rings. The molecular formula is C33H38F3N3O4S. The van der Waals surface area contributed by atoms with Gasteiger partial charge < -0.3 is 10.2 Å². The van der Waals surface area contributed by atoms with Crippen molar-refractivity contribution in [3.63, 3.8) is 0 Å². The largest absolute Gasteiger partial charge is 0.352 e. The molecule has 1 saturated carbocycles. The number of benzene rings is 3. The van der Waals surface area contributed by atoms with Crippen LogP contribution >= 0.6 is 0 Å². The van der Waals surface area contributed by atoms with E-state index < -0.39 is 39.4 Å². The molecule has 44 heavy (non-hydrogen) atoms. The highest BCUT2D eigenvalue weighted by Gasteiger charge is 2.32. The van der Waals surface area contributed by atoms with Gasteiger partial charge in [-0.25, -0.2) is 21.6 Å². The van der Waals surface area contributed by atoms with Crippen molar-refractivity contribution in [2.45, 2.75) is 70.0 Å². The van der Waals surface area contributed by atoms with Gasteiger partial charge in [0.1, 0.15) is 11.9 Å². The summed E-state index contributed by atoms with van der Waals surface area (Å²) in [5.41, 5.74) is 0.990. The van der Waals surface area contributed by atoms with E-state index in [4.69, 9.17) is 0 Å². The van der Waals surface area contributed by atoms with Crippen LogP contribution in [-0.4, -0.2) is 50.0 Å². The maximum atomic E-state index is 14.8. The predicted molar refractivity (Wildman–Crippen MR) is 164 cm³/mol. The summed E-state index contributed by atoms with van der Waals surface area (Å²) in [6.45, 7) is -0.360. The molecule has 3 aromatic rings. The van der Waals surface area contributed by atoms with Gasteiger partial charge in [-0.1, -0.05) is 67.8 Å². The van der Waals surface area contributed by atoms with E-state index in [1.807, 2.05) is 30.3 Å². The van der Waals surface area contributed by atoms with E-state index in [9.17, 15) is 31.2 Å². The molecule has 11 heteroatoms. The van der Waals surface area contributed by atoms with Crippen molar-refractivity contribution in [1.29, 1.82) is 0 Å². The van der Waals surface area contributed by atoms with Crippen LogP contribution in [0.2, 0.25) is 0 Å². The normalized spacial score (nSPS) is 14.5. The monoisotopic (exact) mass is 629 g/mol. The molecule has 0 saturated heterocycles. The standard InChI is InChI=1S/C33H38F3N3O4S/c1-44(42,43)39(27-18-19-29(35)30(36)22-27)20-10-17-32(40)38(23-25-13-8-9-16-28(25)34)31(21-24-11-4-2-5-12-24)33(41)37-26-14-6-3-7-15-26/h2,4-5,8-9,11-13,16,18-19,22,26,31H,3,6-7,10,14-15,17,20-21,23H2,1H3,(H,37,41)/t31-/m1/s1. The summed E-state index contributed by atoms with van der Waals surface area (Å²) in [7, 11) is -3.90. The number of carbonyl (C=O) groups is 2. The first kappa shape index (κ1) is 33.0. The van der Waals surface area contributed by atoms with E-state index in [-0.39, 0.29) is 55.6 Å². The first-order valence-corrected chi connectivity index (χ1v) is 16.7. The maximum Gasteiger partial charge on any atom is 0.243 e. The first-order chi connectivity index (χ1) is 21.0. The van der Waals surface area contributed by atoms with Gasteiger partial charge in [-0.15, -0.1) is 0 Å². The smallest absolute Gasteiger partial charge is 0.243 e. The Morgan fingerprint density at radius 3 is 2.23 bits per heavy atom. The molecule has 4 rings (SSSR count). The lowest BCUT2D eigenvalue weighted by atomic mass is 9.94. The molecule has 0 spiro atoms. The zero-order valence-corrected chi connectivity index (χ0v) is 25.5. The number of carbonyl (C=O) groups excluding carboxylic acids is 2. The number of rotatable bonds is 13. The van der Waals surface area contributed by atoms with Gasteiger partial charge in [0.2, 0.25) is 21.8 Å². The third-order valence-corrected chi connectivity index (χ3v) is 9.06. The van der Waals surface area contributed by atoms with Crippen molar-refractivity contribution in [3.8, 4) is 0 Å². The average molecular weight is 630 g/mol. The van der Waals surface area contributed by atoms with Crippen LogP contribution in [0.5, 0.6) is 0 Å². The Hall–Kier alpha value is -3.86. The molecule has 1 atom stereocenters. The van der Waals surface area contributed by atoms with Crippen molar-refractivity contribution in [2.75, 3.05) is 17.1 Å². The van der Waals surface area contributed by atoms with Crippen molar-refractivity contribution in [2.24, 2.45) is 0 Å². The first-order valence-electron chi connectivity index (χ1n) is 14.8. The molecule has 2 amide bonds. The van der Waals surface area contributed by atoms with Gasteiger partial charge in [0.05, 0.1) is 11.9 Å². The summed E-state index contributed by atoms with van der Waals surface area (Å²) < 4.78 is 68.2. The zero-order valence-electron chi connectivity index (χ0n) is 24.7. The molecule has 7 nitrogen and oxygen atoms in total. The number of amides is 2. The van der Waals surface area contributed by atoms with Crippen LogP contribution in [0, 0.1) is 17.5 Å². The van der Waals surface area contributed by atoms with Crippen LogP contribution in [0.3, 0.4) is 0 Å². The lowest BCUT2D eigenvalue weighted by Gasteiger charge is -2.34. The van der Waals surface area contributed by atoms with Crippen molar-refractivity contribution in [1.82, 2.24) is 10.2 Å². The fourth-order valence-electron chi connectivity index (χ4n) is 5.55. The number of sulfonamides is 1. The molecule has 236 valence electrons. The number of hydrogen-bond donors (Lipinski definition) is 1. The second-order valence-electron chi connectivity index (χ2n) is 11.2. The van der Waals surface area contributed by atoms with E-state index in [0.717, 1.165) is 66.4 Å². The minimum atomic E-state index is -3.90. The van der Waals surface area contributed by atoms with Gasteiger partial charge in [-0.05, 0) is 43.0 Å². The highest BCUT2D eigenvalue weighted by molar-refractivity contribution is 7.92. The summed E-state index contributed by atoms with van der Waals surface area (Å²) >= 11 is 0. The summed E-state index contributed by atoms with van der Waals surface area (Å²) in [5, 5.41) is 3.12. The topological polar surface area (TPSA) is 86.8 Å². The van der Waals surface area contributed by atoms with E-state index in [2.05, 4.69) is 5.32 Å². The number of halogens is 3. The number of hydrogen-bond acceptors (Lipinski definition) is 4. The molecular weight excluding hydrogens is 591 g/mol. The van der Waals surface area contributed by atoms with E-state index in [1.54, 1.807) is 18.2 Å². The third-order valence-electron chi connectivity index (χ3n) is 7.86. The van der Waals surface area contributed by atoms with Crippen LogP contribution < -0.4 is 9.62 Å². The van der Waals surface area contributed by atoms with Crippen LogP contribution in [0.1, 0.15) is 56.1 Å². The van der Waals surface area contributed by atoms with Gasteiger partial charge in [0, 0.05) is 43.6 Å². The Morgan fingerprint density at radius 1 is 0.886 bits per heavy atom. The predicted octanol–water partition coefficient (Wildman–Crippen LogP) is 5.74. The lowest BCUT2D eigenvalue weighted by molar-refractivity contribution is -0.141. The molecule has 1 fully saturated rings. The lowest BCUT2D eigenvalue weighted by Crippen LogP contribution is -2.53. The van der Waals surface area contributed by atoms with Crippen LogP contribution in [0.25, 0.3) is 0 Å². The van der Waals surface area contributed by atoms with E-state index in [0.29, 0.717) is 0 Å². The quantitative estimate of drug-likeness (QED) is 0.261. The number of nitrogens with zero attached hydrogens (tertiary/aromatic N) is 2. The molecule has 0 radical (unpaired) electrons. The second-order valence-corrected chi connectivity index (χ2v) is 13.1. The Morgan fingerprint density at radius 2 is 1.57 bits per heavy atom. The van der Waals surface area contributed by atoms with Crippen LogP contribution in [0.4, 0.5) is 18.9 Å². The molecule has 1 aliphatic carbocycles. The van der Waals surface area contributed by atoms with Gasteiger partial charge in [-0.2, -0.15) is 0 Å². The highest BCUT2D eigenvalue weighted by Crippen LogP contribution is 2.23. The van der Waals surface area contributed by atoms with Crippen LogP contribution in [0.15, 0.2) is 72.8 Å². The van der Waals surface area contributed by atoms with Gasteiger partial charge in [0.15, 0.2) is 11.6 Å². The SMILES string of the molecule is CS(=O)(=O)N(CCCC(=O)N(Cc1ccccc1F)[C@H](Cc1ccccc1)C(=O)NC1CCCCC1)c1ccc(F)c(F)c1. The molecule has 0 unspecified atom stereocenters. The molecule has 0 heterocycles. The fraction of sp³-hybridized carbons (Fsp3) is 0.394. The second kappa shape index (κ2) is 15.2. The van der Waals surface area contributed by atoms with Crippen molar-refractivity contribution in [3.05, 3.63) is 101 Å². The van der Waals surface area contributed by atoms with E-state index >= 15 is 0 Å². The van der Waals surface area contributed by atoms with Gasteiger partial charge in [0.25, 0.3) is 0 Å². The summed E-state index contributed by atoms with van der Waals surface area (Å²) in [6.07, 6.45) is 5.77. The summed E-state index contributed by atoms with van der Waals surface area (Å²) in [5.74, 6) is -3.62. The summed E-state index contributed by atoms with van der Waals surface area (Å²) in [4.78, 5) is 29.1. The Labute approximate surface area is 257 Å². The minimum absolute atomic E-state index is 0.0145. The van der Waals surface area contributed by atoms with Crippen LogP contribution in [-0.2, 0) is 32.6 Å². The minimum Gasteiger partial charge on any atom is -0.352 e. The molecule has 0 aliphatic heterocycles. The molecule has 3 aromatic carbocycles. The van der Waals surface area contributed by atoms with E-state index in [1.165, 1.54) is 11.0 Å². The maximum absolute atomic E-state index is 14.8. The average Bonchev–Trinajstić information content (AvgIpc) is 3.00. The highest BCUT2D eigenvalue weighted by atomic mass is 32.2. The number of anilines is 1. The third kappa shape index (κ3) is 9.07. The van der Waals surface area contributed by atoms with Gasteiger partial charge in [-0.3, -0.25) is 13.9 Å². The Balaban J connectivity index is 1.60. The molecule has 0 aromatic heterocycles. The molecule has 1 N–H and O–H groups in total. The number of nitrogens with one attached hydrogen (secondary N) is 1. The fourth-order valence-corrected chi connectivity index (χ4v) is 6.51. The zero-order chi connectivity index (χ0) is 31.7. The Kier molecular flexibility index (Phi) is 11.4. The summed E-state index contributed by atoms with van der Waals surface area (Å²) in [6, 6.07) is 17.1. The van der Waals surface area contributed by atoms with Crippen molar-refractivity contribution >= 4 is 27.5 Å². The van der Waals surface area contributed by atoms with Gasteiger partial charge >= 0.3 is 0 Å². The van der Waals surface area contributed by atoms with Crippen molar-refractivity contribution < 1.29 is 31.2 Å².